The van der Waals surface area contributed by atoms with E-state index in [1.54, 1.807) is 19.3 Å². The van der Waals surface area contributed by atoms with Crippen LogP contribution in [0.4, 0.5) is 5.82 Å². The van der Waals surface area contributed by atoms with Crippen LogP contribution in [-0.4, -0.2) is 24.0 Å². The molecule has 0 bridgehead atoms. The minimum atomic E-state index is -0.0826. The second kappa shape index (κ2) is 6.93. The van der Waals surface area contributed by atoms with Crippen molar-refractivity contribution in [1.82, 2.24) is 10.3 Å². The number of rotatable bonds is 3. The van der Waals surface area contributed by atoms with Gasteiger partial charge in [0.05, 0.1) is 10.6 Å². The summed E-state index contributed by atoms with van der Waals surface area (Å²) in [7, 11) is 1.75. The van der Waals surface area contributed by atoms with E-state index in [9.17, 15) is 4.79 Å². The Balaban J connectivity index is 2.05. The molecule has 0 aromatic carbocycles. The van der Waals surface area contributed by atoms with Crippen molar-refractivity contribution in [3.63, 3.8) is 0 Å². The van der Waals surface area contributed by atoms with Gasteiger partial charge in [0, 0.05) is 19.3 Å². The molecule has 2 unspecified atom stereocenters. The molecule has 1 aromatic rings. The lowest BCUT2D eigenvalue weighted by Gasteiger charge is -2.22. The predicted molar refractivity (Wildman–Crippen MR) is 82.3 cm³/mol. The van der Waals surface area contributed by atoms with E-state index in [-0.39, 0.29) is 11.9 Å². The lowest BCUT2D eigenvalue weighted by atomic mass is 9.97. The minimum Gasteiger partial charge on any atom is -0.372 e. The average Bonchev–Trinajstić information content (AvgIpc) is 2.64. The monoisotopic (exact) mass is 295 g/mol. The standard InChI is InChI=1S/C15H22ClN3O/c1-10-6-4-3-5-7-13(10)19-15(20)11-8-12(16)14(17-2)18-9-11/h8-10,13H,3-7H2,1-2H3,(H,17,18)(H,19,20). The Hall–Kier alpha value is -1.29. The summed E-state index contributed by atoms with van der Waals surface area (Å²) in [6.07, 6.45) is 7.52. The molecule has 1 aliphatic carbocycles. The highest BCUT2D eigenvalue weighted by molar-refractivity contribution is 6.33. The highest BCUT2D eigenvalue weighted by Gasteiger charge is 2.22. The maximum atomic E-state index is 12.3. The molecule has 0 radical (unpaired) electrons. The van der Waals surface area contributed by atoms with Crippen LogP contribution in [0.3, 0.4) is 0 Å². The zero-order valence-electron chi connectivity index (χ0n) is 12.1. The fraction of sp³-hybridized carbons (Fsp3) is 0.600. The van der Waals surface area contributed by atoms with Crippen molar-refractivity contribution in [1.29, 1.82) is 0 Å². The van der Waals surface area contributed by atoms with Crippen LogP contribution in [0.2, 0.25) is 5.02 Å². The normalized spacial score (nSPS) is 22.9. The lowest BCUT2D eigenvalue weighted by molar-refractivity contribution is 0.0921. The van der Waals surface area contributed by atoms with Crippen molar-refractivity contribution in [2.75, 3.05) is 12.4 Å². The number of hydrogen-bond donors (Lipinski definition) is 2. The molecular weight excluding hydrogens is 274 g/mol. The number of nitrogens with one attached hydrogen (secondary N) is 2. The van der Waals surface area contributed by atoms with Gasteiger partial charge < -0.3 is 10.6 Å². The van der Waals surface area contributed by atoms with Crippen LogP contribution in [0.15, 0.2) is 12.3 Å². The summed E-state index contributed by atoms with van der Waals surface area (Å²) in [4.78, 5) is 16.4. The number of nitrogens with zero attached hydrogens (tertiary/aromatic N) is 1. The quantitative estimate of drug-likeness (QED) is 0.840. The number of pyridine rings is 1. The number of amides is 1. The smallest absolute Gasteiger partial charge is 0.253 e. The van der Waals surface area contributed by atoms with Crippen LogP contribution in [-0.2, 0) is 0 Å². The molecule has 110 valence electrons. The first kappa shape index (κ1) is 15.1. The first-order valence-electron chi connectivity index (χ1n) is 7.26. The molecule has 2 rings (SSSR count). The van der Waals surface area contributed by atoms with Gasteiger partial charge in [-0.2, -0.15) is 0 Å². The lowest BCUT2D eigenvalue weighted by Crippen LogP contribution is -2.38. The van der Waals surface area contributed by atoms with Gasteiger partial charge in [-0.05, 0) is 24.8 Å². The molecule has 20 heavy (non-hydrogen) atoms. The number of carbonyl (C=O) groups excluding carboxylic acids is 1. The predicted octanol–water partition coefficient (Wildman–Crippen LogP) is 3.48. The van der Waals surface area contributed by atoms with Crippen molar-refractivity contribution < 1.29 is 4.79 Å². The summed E-state index contributed by atoms with van der Waals surface area (Å²) in [5, 5.41) is 6.48. The van der Waals surface area contributed by atoms with E-state index in [0.717, 1.165) is 6.42 Å². The summed E-state index contributed by atoms with van der Waals surface area (Å²) < 4.78 is 0. The molecule has 1 fully saturated rings. The van der Waals surface area contributed by atoms with Gasteiger partial charge in [-0.15, -0.1) is 0 Å². The molecule has 4 nitrogen and oxygen atoms in total. The van der Waals surface area contributed by atoms with E-state index in [1.807, 2.05) is 0 Å². The van der Waals surface area contributed by atoms with Gasteiger partial charge in [-0.25, -0.2) is 4.98 Å². The van der Waals surface area contributed by atoms with Gasteiger partial charge in [0.15, 0.2) is 0 Å². The van der Waals surface area contributed by atoms with E-state index < -0.39 is 0 Å². The molecule has 1 heterocycles. The number of hydrogen-bond acceptors (Lipinski definition) is 3. The van der Waals surface area contributed by atoms with E-state index in [2.05, 4.69) is 22.5 Å². The highest BCUT2D eigenvalue weighted by Crippen LogP contribution is 2.24. The Labute approximate surface area is 125 Å². The third-order valence-corrected chi connectivity index (χ3v) is 4.31. The second-order valence-corrected chi connectivity index (χ2v) is 5.91. The molecule has 5 heteroatoms. The van der Waals surface area contributed by atoms with Gasteiger partial charge in [0.2, 0.25) is 0 Å². The summed E-state index contributed by atoms with van der Waals surface area (Å²) in [5.41, 5.74) is 0.519. The van der Waals surface area contributed by atoms with Crippen LogP contribution >= 0.6 is 11.6 Å². The van der Waals surface area contributed by atoms with Gasteiger partial charge >= 0.3 is 0 Å². The van der Waals surface area contributed by atoms with Gasteiger partial charge in [-0.3, -0.25) is 4.79 Å². The van der Waals surface area contributed by atoms with E-state index in [4.69, 9.17) is 11.6 Å². The Bertz CT molecular complexity index is 478. The Morgan fingerprint density at radius 1 is 1.35 bits per heavy atom. The van der Waals surface area contributed by atoms with Gasteiger partial charge in [0.25, 0.3) is 5.91 Å². The van der Waals surface area contributed by atoms with Gasteiger partial charge in [-0.1, -0.05) is 37.8 Å². The highest BCUT2D eigenvalue weighted by atomic mass is 35.5. The first-order chi connectivity index (χ1) is 9.61. The fourth-order valence-electron chi connectivity index (χ4n) is 2.71. The minimum absolute atomic E-state index is 0.0826. The number of carbonyl (C=O) groups is 1. The Morgan fingerprint density at radius 2 is 2.10 bits per heavy atom. The zero-order chi connectivity index (χ0) is 14.5. The molecular formula is C15H22ClN3O. The molecule has 0 spiro atoms. The SMILES string of the molecule is CNc1ncc(C(=O)NC2CCCCCC2C)cc1Cl. The summed E-state index contributed by atoms with van der Waals surface area (Å²) in [6.45, 7) is 2.21. The van der Waals surface area contributed by atoms with Crippen LogP contribution in [0.1, 0.15) is 49.4 Å². The topological polar surface area (TPSA) is 54.0 Å². The molecule has 2 N–H and O–H groups in total. The van der Waals surface area contributed by atoms with Crippen LogP contribution < -0.4 is 10.6 Å². The number of anilines is 1. The van der Waals surface area contributed by atoms with Crippen molar-refractivity contribution in [3.8, 4) is 0 Å². The molecule has 0 aliphatic heterocycles. The average molecular weight is 296 g/mol. The maximum Gasteiger partial charge on any atom is 0.253 e. The van der Waals surface area contributed by atoms with Crippen molar-refractivity contribution in [3.05, 3.63) is 22.8 Å². The van der Waals surface area contributed by atoms with Gasteiger partial charge in [0.1, 0.15) is 5.82 Å². The number of halogens is 1. The number of aromatic nitrogens is 1. The molecule has 0 saturated heterocycles. The van der Waals surface area contributed by atoms with Crippen molar-refractivity contribution in [2.45, 2.75) is 45.1 Å². The van der Waals surface area contributed by atoms with E-state index >= 15 is 0 Å². The fourth-order valence-corrected chi connectivity index (χ4v) is 2.97. The van der Waals surface area contributed by atoms with Crippen molar-refractivity contribution in [2.24, 2.45) is 5.92 Å². The molecule has 1 amide bonds. The summed E-state index contributed by atoms with van der Waals surface area (Å²) in [5.74, 6) is 1.04. The Morgan fingerprint density at radius 3 is 2.80 bits per heavy atom. The maximum absolute atomic E-state index is 12.3. The summed E-state index contributed by atoms with van der Waals surface area (Å²) >= 11 is 6.07. The largest absolute Gasteiger partial charge is 0.372 e. The van der Waals surface area contributed by atoms with Crippen molar-refractivity contribution >= 4 is 23.3 Å². The van der Waals surface area contributed by atoms with Crippen LogP contribution in [0.25, 0.3) is 0 Å². The third-order valence-electron chi connectivity index (χ3n) is 4.02. The molecule has 1 aromatic heterocycles. The van der Waals surface area contributed by atoms with Crippen LogP contribution in [0, 0.1) is 5.92 Å². The second-order valence-electron chi connectivity index (χ2n) is 5.50. The van der Waals surface area contributed by atoms with Crippen LogP contribution in [0.5, 0.6) is 0 Å². The van der Waals surface area contributed by atoms with E-state index in [0.29, 0.717) is 22.3 Å². The Kier molecular flexibility index (Phi) is 5.24. The zero-order valence-corrected chi connectivity index (χ0v) is 12.8. The third kappa shape index (κ3) is 3.63. The molecule has 1 saturated carbocycles. The molecule has 2 atom stereocenters. The first-order valence-corrected chi connectivity index (χ1v) is 7.63. The molecule has 1 aliphatic rings. The summed E-state index contributed by atoms with van der Waals surface area (Å²) in [6, 6.07) is 1.92. The van der Waals surface area contributed by atoms with E-state index in [1.165, 1.54) is 25.7 Å².